The van der Waals surface area contributed by atoms with Gasteiger partial charge in [-0.05, 0) is 31.0 Å². The van der Waals surface area contributed by atoms with Crippen molar-refractivity contribution in [2.24, 2.45) is 0 Å². The highest BCUT2D eigenvalue weighted by Crippen LogP contribution is 2.27. The Labute approximate surface area is 162 Å². The average Bonchev–Trinajstić information content (AvgIpc) is 2.95. The van der Waals surface area contributed by atoms with Crippen LogP contribution in [0.5, 0.6) is 0 Å². The second-order valence-corrected chi connectivity index (χ2v) is 10.1. The molecule has 0 amide bonds. The quantitative estimate of drug-likeness (QED) is 0.656. The Kier molecular flexibility index (Phi) is 6.41. The van der Waals surface area contributed by atoms with Crippen LogP contribution in [0, 0.1) is 6.92 Å². The van der Waals surface area contributed by atoms with Gasteiger partial charge in [-0.3, -0.25) is 4.72 Å². The van der Waals surface area contributed by atoms with Crippen molar-refractivity contribution >= 4 is 48.1 Å². The van der Waals surface area contributed by atoms with E-state index in [0.29, 0.717) is 10.4 Å². The van der Waals surface area contributed by atoms with Crippen molar-refractivity contribution in [1.82, 2.24) is 9.71 Å². The van der Waals surface area contributed by atoms with Crippen LogP contribution in [0.4, 0.5) is 18.3 Å². The van der Waals surface area contributed by atoms with Gasteiger partial charge >= 0.3 is 15.5 Å². The van der Waals surface area contributed by atoms with Gasteiger partial charge in [0, 0.05) is 22.6 Å². The molecule has 1 aromatic carbocycles. The van der Waals surface area contributed by atoms with Crippen molar-refractivity contribution in [2.75, 3.05) is 11.3 Å². The van der Waals surface area contributed by atoms with Crippen molar-refractivity contribution in [3.05, 3.63) is 39.9 Å². The van der Waals surface area contributed by atoms with Crippen LogP contribution in [-0.4, -0.2) is 33.9 Å². The molecule has 2 aromatic rings. The Balaban J connectivity index is 2.05. The second kappa shape index (κ2) is 7.91. The van der Waals surface area contributed by atoms with E-state index in [1.54, 1.807) is 6.07 Å². The number of halogens is 4. The van der Waals surface area contributed by atoms with E-state index >= 15 is 0 Å². The third-order valence-electron chi connectivity index (χ3n) is 3.25. The summed E-state index contributed by atoms with van der Waals surface area (Å²) in [7, 11) is -9.39. The van der Waals surface area contributed by atoms with Crippen LogP contribution >= 0.6 is 22.9 Å². The summed E-state index contributed by atoms with van der Waals surface area (Å²) < 4.78 is 87.0. The fourth-order valence-electron chi connectivity index (χ4n) is 1.91. The Bertz CT molecular complexity index is 1040. The van der Waals surface area contributed by atoms with Gasteiger partial charge in [0.1, 0.15) is 0 Å². The Morgan fingerprint density at radius 3 is 2.52 bits per heavy atom. The van der Waals surface area contributed by atoms with Gasteiger partial charge in [-0.1, -0.05) is 17.7 Å². The monoisotopic (exact) mass is 463 g/mol. The van der Waals surface area contributed by atoms with Crippen molar-refractivity contribution in [2.45, 2.75) is 23.7 Å². The Morgan fingerprint density at radius 2 is 1.89 bits per heavy atom. The minimum atomic E-state index is -5.42. The average molecular weight is 464 g/mol. The van der Waals surface area contributed by atoms with Crippen LogP contribution in [0.3, 0.4) is 0 Å². The number of anilines is 1. The molecule has 0 saturated carbocycles. The molecule has 0 radical (unpaired) electrons. The maximum absolute atomic E-state index is 12.4. The zero-order chi connectivity index (χ0) is 20.5. The molecule has 0 spiro atoms. The first-order chi connectivity index (χ1) is 12.3. The van der Waals surface area contributed by atoms with E-state index in [-0.39, 0.29) is 21.5 Å². The van der Waals surface area contributed by atoms with Gasteiger partial charge in [-0.2, -0.15) is 13.2 Å². The van der Waals surface area contributed by atoms with Gasteiger partial charge in [0.2, 0.25) is 0 Å². The Morgan fingerprint density at radius 1 is 1.22 bits per heavy atom. The second-order valence-electron chi connectivity index (χ2n) is 5.19. The largest absolute Gasteiger partial charge is 0.511 e. The van der Waals surface area contributed by atoms with Crippen LogP contribution < -0.4 is 9.44 Å². The van der Waals surface area contributed by atoms with E-state index in [4.69, 9.17) is 11.6 Å². The van der Waals surface area contributed by atoms with Crippen LogP contribution in [0.15, 0.2) is 29.3 Å². The molecule has 0 bridgehead atoms. The highest BCUT2D eigenvalue weighted by atomic mass is 35.5. The number of alkyl halides is 3. The van der Waals surface area contributed by atoms with Crippen LogP contribution in [-0.2, 0) is 26.5 Å². The zero-order valence-electron chi connectivity index (χ0n) is 13.5. The fraction of sp³-hybridized carbons (Fsp3) is 0.308. The predicted molar refractivity (Wildman–Crippen MR) is 95.8 cm³/mol. The first kappa shape index (κ1) is 21.9. The molecule has 0 aliphatic heterocycles. The van der Waals surface area contributed by atoms with Crippen LogP contribution in [0.2, 0.25) is 5.02 Å². The van der Waals surface area contributed by atoms with Gasteiger partial charge in [-0.25, -0.2) is 26.5 Å². The summed E-state index contributed by atoms with van der Waals surface area (Å²) in [5.41, 5.74) is -5.04. The lowest BCUT2D eigenvalue weighted by Crippen LogP contribution is -2.37. The molecule has 27 heavy (non-hydrogen) atoms. The molecule has 2 N–H and O–H groups in total. The van der Waals surface area contributed by atoms with E-state index < -0.39 is 32.1 Å². The molecule has 0 unspecified atom stereocenters. The number of nitrogens with one attached hydrogen (secondary N) is 2. The van der Waals surface area contributed by atoms with E-state index in [2.05, 4.69) is 9.71 Å². The summed E-state index contributed by atoms with van der Waals surface area (Å²) >= 11 is 6.78. The molecular weight excluding hydrogens is 451 g/mol. The van der Waals surface area contributed by atoms with Crippen molar-refractivity contribution in [1.29, 1.82) is 0 Å². The lowest BCUT2D eigenvalue weighted by molar-refractivity contribution is -0.0447. The number of thiazole rings is 1. The summed E-state index contributed by atoms with van der Waals surface area (Å²) in [6, 6.07) is 4.38. The molecule has 0 saturated heterocycles. The maximum Gasteiger partial charge on any atom is 0.511 e. The molecule has 0 fully saturated rings. The molecule has 7 nitrogen and oxygen atoms in total. The number of sulfonamides is 2. The minimum absolute atomic E-state index is 0.0111. The van der Waals surface area contributed by atoms with E-state index in [1.807, 2.05) is 0 Å². The maximum atomic E-state index is 12.4. The van der Waals surface area contributed by atoms with Crippen molar-refractivity contribution in [3.63, 3.8) is 0 Å². The lowest BCUT2D eigenvalue weighted by Gasteiger charge is -2.09. The molecule has 1 heterocycles. The van der Waals surface area contributed by atoms with Crippen molar-refractivity contribution < 1.29 is 30.0 Å². The lowest BCUT2D eigenvalue weighted by atomic mass is 10.2. The molecule has 14 heteroatoms. The van der Waals surface area contributed by atoms with Crippen molar-refractivity contribution in [3.8, 4) is 0 Å². The minimum Gasteiger partial charge on any atom is -0.255 e. The summed E-state index contributed by atoms with van der Waals surface area (Å²) in [5, 5.41) is 0.262. The molecule has 2 rings (SSSR count). The number of nitrogens with zero attached hydrogens (tertiary/aromatic N) is 1. The molecule has 0 aliphatic carbocycles. The number of hydrogen-bond donors (Lipinski definition) is 2. The van der Waals surface area contributed by atoms with E-state index in [0.717, 1.165) is 11.3 Å². The van der Waals surface area contributed by atoms with E-state index in [1.165, 1.54) is 30.0 Å². The van der Waals surface area contributed by atoms with Crippen LogP contribution in [0.1, 0.15) is 10.4 Å². The highest BCUT2D eigenvalue weighted by Gasteiger charge is 2.45. The third kappa shape index (κ3) is 5.31. The number of rotatable bonds is 7. The SMILES string of the molecule is Cc1c(Cl)cccc1S(=O)(=O)Nc1ncc(CCNS(=O)(=O)C(F)(F)F)s1. The predicted octanol–water partition coefficient (Wildman–Crippen LogP) is 2.89. The topological polar surface area (TPSA) is 105 Å². The number of aromatic nitrogens is 1. The smallest absolute Gasteiger partial charge is 0.255 e. The number of hydrogen-bond acceptors (Lipinski definition) is 6. The highest BCUT2D eigenvalue weighted by molar-refractivity contribution is 7.93. The van der Waals surface area contributed by atoms with Crippen LogP contribution in [0.25, 0.3) is 0 Å². The molecule has 0 aliphatic rings. The van der Waals surface area contributed by atoms with Gasteiger partial charge < -0.3 is 0 Å². The number of benzene rings is 1. The fourth-order valence-corrected chi connectivity index (χ4v) is 5.00. The first-order valence-electron chi connectivity index (χ1n) is 7.12. The standard InChI is InChI=1S/C13H13ClF3N3O4S3/c1-8-10(14)3-2-4-11(8)26(21,22)20-12-18-7-9(25-12)5-6-19-27(23,24)13(15,16)17/h2-4,7,19H,5-6H2,1H3,(H,18,20). The summed E-state index contributed by atoms with van der Waals surface area (Å²) in [6.45, 7) is 1.03. The van der Waals surface area contributed by atoms with Gasteiger partial charge in [0.15, 0.2) is 5.13 Å². The van der Waals surface area contributed by atoms with Gasteiger partial charge in [-0.15, -0.1) is 11.3 Å². The normalized spacial score (nSPS) is 12.9. The molecule has 0 atom stereocenters. The van der Waals surface area contributed by atoms with E-state index in [9.17, 15) is 30.0 Å². The Hall–Kier alpha value is -1.41. The molecule has 150 valence electrons. The van der Waals surface area contributed by atoms with Gasteiger partial charge in [0.05, 0.1) is 4.90 Å². The third-order valence-corrected chi connectivity index (χ3v) is 7.44. The molecular formula is C13H13ClF3N3O4S3. The van der Waals surface area contributed by atoms with Gasteiger partial charge in [0.25, 0.3) is 10.0 Å². The summed E-state index contributed by atoms with van der Waals surface area (Å²) in [5.74, 6) is 0. The zero-order valence-corrected chi connectivity index (χ0v) is 16.7. The summed E-state index contributed by atoms with van der Waals surface area (Å²) in [6.07, 6.45) is 1.15. The first-order valence-corrected chi connectivity index (χ1v) is 11.3. The summed E-state index contributed by atoms with van der Waals surface area (Å²) in [4.78, 5) is 4.19. The molecule has 1 aromatic heterocycles.